The zero-order valence-corrected chi connectivity index (χ0v) is 11.4. The number of nitrogen functional groups attached to an aromatic ring is 1. The molecule has 0 saturated heterocycles. The molecule has 1 heterocycles. The first-order valence-corrected chi connectivity index (χ1v) is 6.17. The third-order valence-corrected chi connectivity index (χ3v) is 2.19. The van der Waals surface area contributed by atoms with E-state index in [4.69, 9.17) is 15.7 Å². The summed E-state index contributed by atoms with van der Waals surface area (Å²) >= 11 is 0. The molecule has 21 heavy (non-hydrogen) atoms. The van der Waals surface area contributed by atoms with Crippen LogP contribution >= 0.6 is 0 Å². The van der Waals surface area contributed by atoms with Gasteiger partial charge in [0.1, 0.15) is 6.54 Å². The maximum atomic E-state index is 12.5. The molecule has 0 spiro atoms. The fourth-order valence-electron chi connectivity index (χ4n) is 1.40. The first-order valence-electron chi connectivity index (χ1n) is 6.17. The highest BCUT2D eigenvalue weighted by Crippen LogP contribution is 2.21. The lowest BCUT2D eigenvalue weighted by molar-refractivity contribution is -0.120. The highest BCUT2D eigenvalue weighted by Gasteiger charge is 2.32. The van der Waals surface area contributed by atoms with Crippen LogP contribution in [0.25, 0.3) is 0 Å². The molecule has 0 amide bonds. The van der Waals surface area contributed by atoms with Crippen molar-refractivity contribution in [2.24, 2.45) is 5.84 Å². The van der Waals surface area contributed by atoms with Crippen LogP contribution in [0.1, 0.15) is 13.3 Å². The van der Waals surface area contributed by atoms with Gasteiger partial charge >= 0.3 is 12.2 Å². The number of hydrogen-bond donors (Lipinski definition) is 3. The first-order chi connectivity index (χ1) is 9.89. The number of ether oxygens (including phenoxy) is 1. The van der Waals surface area contributed by atoms with Crippen molar-refractivity contribution in [1.29, 1.82) is 0 Å². The Labute approximate surface area is 119 Å². The van der Waals surface area contributed by atoms with Crippen LogP contribution in [-0.4, -0.2) is 52.5 Å². The zero-order valence-electron chi connectivity index (χ0n) is 11.4. The highest BCUT2D eigenvalue weighted by molar-refractivity contribution is 5.38. The monoisotopic (exact) mass is 310 g/mol. The third-order valence-electron chi connectivity index (χ3n) is 2.19. The summed E-state index contributed by atoms with van der Waals surface area (Å²) in [6, 6.07) is -0.139. The van der Waals surface area contributed by atoms with Crippen molar-refractivity contribution in [3.63, 3.8) is 0 Å². The van der Waals surface area contributed by atoms with Crippen LogP contribution in [-0.2, 0) is 0 Å². The number of alkyl halides is 3. The second-order valence-electron chi connectivity index (χ2n) is 3.99. The van der Waals surface area contributed by atoms with Gasteiger partial charge in [-0.25, -0.2) is 5.84 Å². The topological polar surface area (TPSA) is 109 Å². The van der Waals surface area contributed by atoms with Crippen LogP contribution < -0.4 is 20.9 Å². The molecule has 0 aromatic carbocycles. The number of hydrazine groups is 1. The molecule has 4 N–H and O–H groups in total. The molecule has 0 aliphatic rings. The van der Waals surface area contributed by atoms with Crippen LogP contribution in [0.4, 0.5) is 25.1 Å². The number of halogens is 3. The first kappa shape index (κ1) is 17.2. The smallest absolute Gasteiger partial charge is 0.406 e. The van der Waals surface area contributed by atoms with Crippen LogP contribution in [0, 0.1) is 0 Å². The molecule has 1 aromatic rings. The molecule has 1 aromatic heterocycles. The summed E-state index contributed by atoms with van der Waals surface area (Å²) < 4.78 is 42.8. The second kappa shape index (κ2) is 7.78. The second-order valence-corrected chi connectivity index (χ2v) is 3.99. The van der Waals surface area contributed by atoms with Gasteiger partial charge in [-0.05, 0) is 6.42 Å². The summed E-state index contributed by atoms with van der Waals surface area (Å²) in [6.07, 6.45) is -3.79. The van der Waals surface area contributed by atoms with Crippen molar-refractivity contribution in [1.82, 2.24) is 15.0 Å². The van der Waals surface area contributed by atoms with E-state index in [9.17, 15) is 13.2 Å². The van der Waals surface area contributed by atoms with E-state index < -0.39 is 19.3 Å². The fraction of sp³-hybridized carbons (Fsp3) is 0.700. The van der Waals surface area contributed by atoms with Crippen molar-refractivity contribution in [2.75, 3.05) is 36.6 Å². The molecule has 0 radical (unpaired) electrons. The van der Waals surface area contributed by atoms with Gasteiger partial charge < -0.3 is 14.7 Å². The molecule has 0 bridgehead atoms. The number of nitrogens with two attached hydrogens (primary N) is 1. The minimum atomic E-state index is -4.47. The van der Waals surface area contributed by atoms with Crippen molar-refractivity contribution in [3.8, 4) is 6.01 Å². The van der Waals surface area contributed by atoms with Gasteiger partial charge in [0.25, 0.3) is 0 Å². The number of hydrogen-bond acceptors (Lipinski definition) is 8. The minimum absolute atomic E-state index is 0.129. The molecular formula is C10H17F3N6O2. The molecule has 0 aliphatic carbocycles. The Morgan fingerprint density at radius 2 is 2.05 bits per heavy atom. The Balaban J connectivity index is 3.04. The Kier molecular flexibility index (Phi) is 6.37. The summed E-state index contributed by atoms with van der Waals surface area (Å²) in [4.78, 5) is 12.1. The predicted molar refractivity (Wildman–Crippen MR) is 68.8 cm³/mol. The number of aliphatic hydroxyl groups is 1. The molecular weight excluding hydrogens is 293 g/mol. The Bertz CT molecular complexity index is 445. The molecule has 1 rings (SSSR count). The standard InChI is InChI=1S/C10H17F3N6O2/c1-2-5-21-9-16-7(18-14)15-8(17-9)19(3-4-20)6-10(11,12)13/h20H,2-6,14H2,1H3,(H,15,16,17,18). The molecule has 0 aliphatic heterocycles. The number of rotatable bonds is 8. The van der Waals surface area contributed by atoms with Crippen molar-refractivity contribution in [3.05, 3.63) is 0 Å². The van der Waals surface area contributed by atoms with Gasteiger partial charge in [-0.1, -0.05) is 6.92 Å². The van der Waals surface area contributed by atoms with E-state index in [0.29, 0.717) is 13.0 Å². The van der Waals surface area contributed by atoms with E-state index in [-0.39, 0.29) is 24.5 Å². The molecule has 11 heteroatoms. The maximum Gasteiger partial charge on any atom is 0.406 e. The SMILES string of the molecule is CCCOc1nc(NN)nc(N(CCO)CC(F)(F)F)n1. The lowest BCUT2D eigenvalue weighted by atomic mass is 10.5. The zero-order chi connectivity index (χ0) is 15.9. The van der Waals surface area contributed by atoms with Gasteiger partial charge in [-0.15, -0.1) is 0 Å². The molecule has 0 unspecified atom stereocenters. The minimum Gasteiger partial charge on any atom is -0.463 e. The Morgan fingerprint density at radius 3 is 2.57 bits per heavy atom. The largest absolute Gasteiger partial charge is 0.463 e. The van der Waals surface area contributed by atoms with Crippen LogP contribution in [0.2, 0.25) is 0 Å². The Hall–Kier alpha value is -1.88. The average Bonchev–Trinajstić information content (AvgIpc) is 2.43. The van der Waals surface area contributed by atoms with E-state index in [1.54, 1.807) is 0 Å². The number of nitrogens with one attached hydrogen (secondary N) is 1. The predicted octanol–water partition coefficient (Wildman–Crippen LogP) is 0.307. The number of aliphatic hydroxyl groups excluding tert-OH is 1. The lowest BCUT2D eigenvalue weighted by Crippen LogP contribution is -2.37. The highest BCUT2D eigenvalue weighted by atomic mass is 19.4. The van der Waals surface area contributed by atoms with E-state index in [1.165, 1.54) is 0 Å². The van der Waals surface area contributed by atoms with Gasteiger partial charge in [-0.2, -0.15) is 28.1 Å². The van der Waals surface area contributed by atoms with Gasteiger partial charge in [-0.3, -0.25) is 5.43 Å². The summed E-state index contributed by atoms with van der Waals surface area (Å²) in [5, 5.41) is 8.88. The number of nitrogens with zero attached hydrogens (tertiary/aromatic N) is 4. The molecule has 0 fully saturated rings. The van der Waals surface area contributed by atoms with Gasteiger partial charge in [0.2, 0.25) is 11.9 Å². The van der Waals surface area contributed by atoms with Gasteiger partial charge in [0.05, 0.1) is 13.2 Å². The van der Waals surface area contributed by atoms with Crippen molar-refractivity contribution in [2.45, 2.75) is 19.5 Å². The van der Waals surface area contributed by atoms with Crippen LogP contribution in [0.3, 0.4) is 0 Å². The quantitative estimate of drug-likeness (QED) is 0.465. The fourth-order valence-corrected chi connectivity index (χ4v) is 1.40. The molecule has 8 nitrogen and oxygen atoms in total. The van der Waals surface area contributed by atoms with Crippen LogP contribution in [0.5, 0.6) is 6.01 Å². The van der Waals surface area contributed by atoms with Gasteiger partial charge in [0, 0.05) is 6.54 Å². The van der Waals surface area contributed by atoms with Gasteiger partial charge in [0.15, 0.2) is 0 Å². The number of aromatic nitrogens is 3. The van der Waals surface area contributed by atoms with Crippen molar-refractivity contribution >= 4 is 11.9 Å². The Morgan fingerprint density at radius 1 is 1.33 bits per heavy atom. The average molecular weight is 310 g/mol. The number of anilines is 2. The summed E-state index contributed by atoms with van der Waals surface area (Å²) in [5.41, 5.74) is 2.13. The lowest BCUT2D eigenvalue weighted by Gasteiger charge is -2.23. The summed E-state index contributed by atoms with van der Waals surface area (Å²) in [6.45, 7) is 0.0620. The van der Waals surface area contributed by atoms with E-state index in [2.05, 4.69) is 20.4 Å². The maximum absolute atomic E-state index is 12.5. The summed E-state index contributed by atoms with van der Waals surface area (Å²) in [7, 11) is 0. The molecule has 0 saturated carbocycles. The van der Waals surface area contributed by atoms with Crippen molar-refractivity contribution < 1.29 is 23.0 Å². The van der Waals surface area contributed by atoms with Crippen LogP contribution in [0.15, 0.2) is 0 Å². The molecule has 0 atom stereocenters. The normalized spacial score (nSPS) is 11.3. The van der Waals surface area contributed by atoms with E-state index in [0.717, 1.165) is 4.90 Å². The van der Waals surface area contributed by atoms with E-state index in [1.807, 2.05) is 6.92 Å². The summed E-state index contributed by atoms with van der Waals surface area (Å²) in [5.74, 6) is 4.76. The van der Waals surface area contributed by atoms with E-state index >= 15 is 0 Å². The molecule has 120 valence electrons. The third kappa shape index (κ3) is 5.95.